The fraction of sp³-hybridized carbons (Fsp3) is 0.692. The van der Waals surface area contributed by atoms with Gasteiger partial charge in [0, 0.05) is 32.6 Å². The molecule has 190 valence electrons. The number of nitrogens with zero attached hydrogens (tertiary/aromatic N) is 2. The average molecular weight is 473 g/mol. The van der Waals surface area contributed by atoms with Crippen LogP contribution in [-0.2, 0) is 13.1 Å². The van der Waals surface area contributed by atoms with Crippen molar-refractivity contribution in [3.63, 3.8) is 0 Å². The maximum absolute atomic E-state index is 11.8. The number of piperidine rings is 1. The van der Waals surface area contributed by atoms with Crippen LogP contribution in [0.25, 0.3) is 0 Å². The zero-order chi connectivity index (χ0) is 24.4. The van der Waals surface area contributed by atoms with E-state index in [1.54, 1.807) is 0 Å². The van der Waals surface area contributed by atoms with Gasteiger partial charge in [-0.2, -0.15) is 0 Å². The number of aliphatic imine (C=N–C) groups is 1. The number of nitrogens with two attached hydrogens (primary N) is 1. The minimum atomic E-state index is -0.649. The summed E-state index contributed by atoms with van der Waals surface area (Å²) in [6, 6.07) is 7.92. The van der Waals surface area contributed by atoms with Gasteiger partial charge >= 0.3 is 6.03 Å². The maximum atomic E-state index is 11.8. The highest BCUT2D eigenvalue weighted by atomic mass is 16.3. The molecule has 3 atom stereocenters. The predicted octanol–water partition coefficient (Wildman–Crippen LogP) is 3.05. The van der Waals surface area contributed by atoms with Crippen LogP contribution in [0.1, 0.15) is 76.3 Å². The molecule has 3 rings (SSSR count). The minimum Gasteiger partial charge on any atom is -0.373 e. The van der Waals surface area contributed by atoms with E-state index in [9.17, 15) is 9.90 Å². The van der Waals surface area contributed by atoms with Crippen molar-refractivity contribution < 1.29 is 9.90 Å². The zero-order valence-corrected chi connectivity index (χ0v) is 21.0. The summed E-state index contributed by atoms with van der Waals surface area (Å²) in [5.41, 5.74) is 8.27. The van der Waals surface area contributed by atoms with E-state index >= 15 is 0 Å². The third-order valence-electron chi connectivity index (χ3n) is 7.19. The highest BCUT2D eigenvalue weighted by Gasteiger charge is 2.45. The lowest BCUT2D eigenvalue weighted by Crippen LogP contribution is -2.57. The molecule has 2 heterocycles. The second-order valence-corrected chi connectivity index (χ2v) is 9.81. The number of amides is 2. The molecule has 0 aromatic heterocycles. The van der Waals surface area contributed by atoms with E-state index in [-0.39, 0.29) is 11.6 Å². The molecule has 1 aromatic rings. The Bertz CT molecular complexity index is 793. The average Bonchev–Trinajstić information content (AvgIpc) is 2.85. The Labute approximate surface area is 204 Å². The normalized spacial score (nSPS) is 25.0. The largest absolute Gasteiger partial charge is 0.373 e. The Balaban J connectivity index is 1.61. The smallest absolute Gasteiger partial charge is 0.315 e. The van der Waals surface area contributed by atoms with Crippen LogP contribution < -0.4 is 21.7 Å². The lowest BCUT2D eigenvalue weighted by Gasteiger charge is -2.47. The number of benzene rings is 1. The zero-order valence-electron chi connectivity index (χ0n) is 21.0. The molecule has 8 heteroatoms. The highest BCUT2D eigenvalue weighted by Crippen LogP contribution is 2.40. The maximum Gasteiger partial charge on any atom is 0.315 e. The summed E-state index contributed by atoms with van der Waals surface area (Å²) < 4.78 is 0. The molecule has 1 aromatic carbocycles. The predicted molar refractivity (Wildman–Crippen MR) is 137 cm³/mol. The SMILES string of the molecule is CCCCNC(=O)NCc1ccc(CN2C(N)=NC(CCCC)(C3CCCNC3)CC2O)cc1. The van der Waals surface area contributed by atoms with E-state index < -0.39 is 6.23 Å². The molecule has 8 nitrogen and oxygen atoms in total. The van der Waals surface area contributed by atoms with Crippen molar-refractivity contribution in [2.45, 2.75) is 90.1 Å². The summed E-state index contributed by atoms with van der Waals surface area (Å²) in [5.74, 6) is 0.851. The van der Waals surface area contributed by atoms with Crippen LogP contribution in [0.5, 0.6) is 0 Å². The quantitative estimate of drug-likeness (QED) is 0.318. The van der Waals surface area contributed by atoms with Crippen molar-refractivity contribution in [3.8, 4) is 0 Å². The molecule has 0 radical (unpaired) electrons. The van der Waals surface area contributed by atoms with Crippen LogP contribution in [0.4, 0.5) is 4.79 Å². The number of hydrogen-bond donors (Lipinski definition) is 5. The van der Waals surface area contributed by atoms with Gasteiger partial charge in [-0.1, -0.05) is 57.4 Å². The molecule has 2 aliphatic heterocycles. The van der Waals surface area contributed by atoms with Crippen LogP contribution in [-0.4, -0.2) is 53.4 Å². The van der Waals surface area contributed by atoms with Crippen molar-refractivity contribution in [3.05, 3.63) is 35.4 Å². The Morgan fingerprint density at radius 3 is 2.59 bits per heavy atom. The number of aliphatic hydroxyl groups excluding tert-OH is 1. The summed E-state index contributed by atoms with van der Waals surface area (Å²) in [6.45, 7) is 7.98. The van der Waals surface area contributed by atoms with Crippen LogP contribution in [0.3, 0.4) is 0 Å². The summed E-state index contributed by atoms with van der Waals surface area (Å²) in [6.07, 6.45) is 7.45. The molecule has 2 aliphatic rings. The number of carbonyl (C=O) groups is 1. The van der Waals surface area contributed by atoms with Gasteiger partial charge in [-0.25, -0.2) is 9.79 Å². The fourth-order valence-electron chi connectivity index (χ4n) is 5.10. The third-order valence-corrected chi connectivity index (χ3v) is 7.19. The molecule has 1 saturated heterocycles. The number of carbonyl (C=O) groups excluding carboxylic acids is 1. The van der Waals surface area contributed by atoms with Crippen molar-refractivity contribution in [1.82, 2.24) is 20.9 Å². The lowest BCUT2D eigenvalue weighted by molar-refractivity contribution is -0.00929. The number of hydrogen-bond acceptors (Lipinski definition) is 6. The number of nitrogens with one attached hydrogen (secondary N) is 3. The van der Waals surface area contributed by atoms with E-state index in [0.29, 0.717) is 37.9 Å². The number of urea groups is 1. The molecule has 0 bridgehead atoms. The van der Waals surface area contributed by atoms with Crippen molar-refractivity contribution in [2.24, 2.45) is 16.6 Å². The molecule has 6 N–H and O–H groups in total. The van der Waals surface area contributed by atoms with Gasteiger partial charge in [0.1, 0.15) is 6.23 Å². The van der Waals surface area contributed by atoms with E-state index in [2.05, 4.69) is 29.8 Å². The van der Waals surface area contributed by atoms with Crippen LogP contribution in [0.15, 0.2) is 29.3 Å². The standard InChI is InChI=1S/C26H44N6O2/c1-3-5-13-26(22-8-7-14-28-18-22)16-23(33)32(24(27)31-26)19-21-11-9-20(10-12-21)17-30-25(34)29-15-6-4-2/h9-12,22-23,28,33H,3-8,13-19H2,1-2H3,(H2,27,31)(H2,29,30,34). The van der Waals surface area contributed by atoms with Gasteiger partial charge in [-0.15, -0.1) is 0 Å². The molecule has 1 fully saturated rings. The van der Waals surface area contributed by atoms with E-state index in [0.717, 1.165) is 69.2 Å². The first kappa shape index (κ1) is 26.3. The molecule has 3 unspecified atom stereocenters. The van der Waals surface area contributed by atoms with Crippen LogP contribution >= 0.6 is 0 Å². The van der Waals surface area contributed by atoms with Gasteiger partial charge in [0.05, 0.1) is 5.54 Å². The van der Waals surface area contributed by atoms with Crippen LogP contribution in [0, 0.1) is 5.92 Å². The molecular weight excluding hydrogens is 428 g/mol. The monoisotopic (exact) mass is 472 g/mol. The molecule has 0 saturated carbocycles. The molecular formula is C26H44N6O2. The second kappa shape index (κ2) is 13.0. The summed E-state index contributed by atoms with van der Waals surface area (Å²) in [5, 5.41) is 20.4. The molecule has 34 heavy (non-hydrogen) atoms. The molecule has 0 spiro atoms. The van der Waals surface area contributed by atoms with E-state index in [4.69, 9.17) is 10.7 Å². The topological polar surface area (TPSA) is 115 Å². The number of rotatable bonds is 11. The Kier molecular flexibility index (Phi) is 10.0. The number of unbranched alkanes of at least 4 members (excludes halogenated alkanes) is 2. The van der Waals surface area contributed by atoms with Gasteiger partial charge < -0.3 is 31.7 Å². The van der Waals surface area contributed by atoms with E-state index in [1.165, 1.54) is 0 Å². The minimum absolute atomic E-state index is 0.141. The summed E-state index contributed by atoms with van der Waals surface area (Å²) in [4.78, 5) is 18.7. The number of guanidine groups is 1. The van der Waals surface area contributed by atoms with E-state index in [1.807, 2.05) is 29.2 Å². The van der Waals surface area contributed by atoms with Crippen molar-refractivity contribution in [1.29, 1.82) is 0 Å². The number of aliphatic hydroxyl groups is 1. The first-order chi connectivity index (χ1) is 16.5. The third kappa shape index (κ3) is 7.09. The summed E-state index contributed by atoms with van der Waals surface area (Å²) in [7, 11) is 0. The Hall–Kier alpha value is -2.32. The van der Waals surface area contributed by atoms with Crippen LogP contribution in [0.2, 0.25) is 0 Å². The van der Waals surface area contributed by atoms with Gasteiger partial charge in [0.2, 0.25) is 0 Å². The van der Waals surface area contributed by atoms with Crippen molar-refractivity contribution in [2.75, 3.05) is 19.6 Å². The fourth-order valence-corrected chi connectivity index (χ4v) is 5.10. The van der Waals surface area contributed by atoms with Gasteiger partial charge in [-0.3, -0.25) is 0 Å². The first-order valence-electron chi connectivity index (χ1n) is 13.1. The Morgan fingerprint density at radius 1 is 1.21 bits per heavy atom. The first-order valence-corrected chi connectivity index (χ1v) is 13.1. The Morgan fingerprint density at radius 2 is 1.94 bits per heavy atom. The summed E-state index contributed by atoms with van der Waals surface area (Å²) >= 11 is 0. The second-order valence-electron chi connectivity index (χ2n) is 9.81. The molecule has 2 amide bonds. The highest BCUT2D eigenvalue weighted by molar-refractivity contribution is 5.79. The lowest BCUT2D eigenvalue weighted by atomic mass is 9.73. The van der Waals surface area contributed by atoms with Gasteiger partial charge in [-0.05, 0) is 49.3 Å². The van der Waals surface area contributed by atoms with Gasteiger partial charge in [0.15, 0.2) is 5.96 Å². The molecule has 0 aliphatic carbocycles. The van der Waals surface area contributed by atoms with Gasteiger partial charge in [0.25, 0.3) is 0 Å². The van der Waals surface area contributed by atoms with Crippen molar-refractivity contribution >= 4 is 12.0 Å².